The van der Waals surface area contributed by atoms with Gasteiger partial charge in [-0.3, -0.25) is 0 Å². The van der Waals surface area contributed by atoms with Crippen molar-refractivity contribution in [3.63, 3.8) is 0 Å². The van der Waals surface area contributed by atoms with Crippen LogP contribution in [0.1, 0.15) is 44.9 Å². The van der Waals surface area contributed by atoms with E-state index >= 15 is 0 Å². The van der Waals surface area contributed by atoms with E-state index in [1.165, 1.54) is 44.9 Å². The molecule has 13 heavy (non-hydrogen) atoms. The SMILES string of the molecule is IC1CCC(C2CC=CCC2)CC1. The van der Waals surface area contributed by atoms with Crippen molar-refractivity contribution >= 4 is 22.6 Å². The van der Waals surface area contributed by atoms with Crippen molar-refractivity contribution in [2.24, 2.45) is 11.8 Å². The monoisotopic (exact) mass is 290 g/mol. The molecule has 2 aliphatic rings. The van der Waals surface area contributed by atoms with Gasteiger partial charge in [-0.25, -0.2) is 0 Å². The molecule has 0 radical (unpaired) electrons. The molecule has 0 aliphatic heterocycles. The van der Waals surface area contributed by atoms with Gasteiger partial charge in [-0.1, -0.05) is 34.7 Å². The molecule has 0 saturated heterocycles. The van der Waals surface area contributed by atoms with Crippen LogP contribution in [0.15, 0.2) is 12.2 Å². The molecule has 0 N–H and O–H groups in total. The molecule has 1 saturated carbocycles. The summed E-state index contributed by atoms with van der Waals surface area (Å²) in [5, 5.41) is 0. The van der Waals surface area contributed by atoms with Gasteiger partial charge in [0.15, 0.2) is 0 Å². The van der Waals surface area contributed by atoms with Crippen LogP contribution >= 0.6 is 22.6 Å². The van der Waals surface area contributed by atoms with Crippen molar-refractivity contribution < 1.29 is 0 Å². The predicted molar refractivity (Wildman–Crippen MR) is 66.2 cm³/mol. The average Bonchev–Trinajstić information content (AvgIpc) is 2.20. The Balaban J connectivity index is 1.83. The van der Waals surface area contributed by atoms with Crippen LogP contribution < -0.4 is 0 Å². The highest BCUT2D eigenvalue weighted by molar-refractivity contribution is 14.1. The van der Waals surface area contributed by atoms with Crippen molar-refractivity contribution in [1.82, 2.24) is 0 Å². The minimum atomic E-state index is 0.980. The van der Waals surface area contributed by atoms with E-state index in [0.717, 1.165) is 15.8 Å². The summed E-state index contributed by atoms with van der Waals surface area (Å²) in [5.74, 6) is 2.10. The first-order valence-electron chi connectivity index (χ1n) is 5.65. The van der Waals surface area contributed by atoms with E-state index in [9.17, 15) is 0 Å². The lowest BCUT2D eigenvalue weighted by Crippen LogP contribution is -2.22. The van der Waals surface area contributed by atoms with E-state index in [0.29, 0.717) is 0 Å². The lowest BCUT2D eigenvalue weighted by atomic mass is 9.75. The summed E-state index contributed by atoms with van der Waals surface area (Å²) in [6.07, 6.45) is 14.9. The third-order valence-electron chi connectivity index (χ3n) is 3.68. The molecule has 1 atom stereocenters. The number of hydrogen-bond donors (Lipinski definition) is 0. The molecule has 1 fully saturated rings. The third-order valence-corrected chi connectivity index (χ3v) is 4.92. The van der Waals surface area contributed by atoms with Crippen molar-refractivity contribution in [1.29, 1.82) is 0 Å². The van der Waals surface area contributed by atoms with Crippen LogP contribution in [0.2, 0.25) is 0 Å². The molecule has 1 unspecified atom stereocenters. The fourth-order valence-electron chi connectivity index (χ4n) is 2.80. The predicted octanol–water partition coefficient (Wildman–Crippen LogP) is 4.34. The molecule has 74 valence electrons. The standard InChI is InChI=1S/C12H19I/c13-12-8-6-11(7-9-12)10-4-2-1-3-5-10/h1-2,10-12H,3-9H2. The second kappa shape index (κ2) is 4.81. The number of allylic oxidation sites excluding steroid dienone is 2. The van der Waals surface area contributed by atoms with Crippen molar-refractivity contribution in [3.05, 3.63) is 12.2 Å². The first-order valence-corrected chi connectivity index (χ1v) is 6.90. The lowest BCUT2D eigenvalue weighted by molar-refractivity contribution is 0.240. The Kier molecular flexibility index (Phi) is 3.70. The quantitative estimate of drug-likeness (QED) is 0.383. The Morgan fingerprint density at radius 1 is 0.846 bits per heavy atom. The Hall–Kier alpha value is 0.470. The lowest BCUT2D eigenvalue weighted by Gasteiger charge is -2.32. The Morgan fingerprint density at radius 2 is 1.62 bits per heavy atom. The number of hydrogen-bond acceptors (Lipinski definition) is 0. The van der Waals surface area contributed by atoms with Crippen LogP contribution in [0.4, 0.5) is 0 Å². The zero-order valence-corrected chi connectivity index (χ0v) is 10.4. The molecule has 0 nitrogen and oxygen atoms in total. The molecule has 0 amide bonds. The maximum Gasteiger partial charge on any atom is 0.0110 e. The van der Waals surface area contributed by atoms with Gasteiger partial charge >= 0.3 is 0 Å². The van der Waals surface area contributed by atoms with E-state index in [1.54, 1.807) is 0 Å². The summed E-state index contributed by atoms with van der Waals surface area (Å²) in [7, 11) is 0. The first kappa shape index (κ1) is 10.0. The summed E-state index contributed by atoms with van der Waals surface area (Å²) < 4.78 is 0.980. The van der Waals surface area contributed by atoms with E-state index in [4.69, 9.17) is 0 Å². The molecule has 0 bridgehead atoms. The summed E-state index contributed by atoms with van der Waals surface area (Å²) >= 11 is 2.62. The molecule has 1 heteroatoms. The first-order chi connectivity index (χ1) is 6.36. The molecule has 0 spiro atoms. The van der Waals surface area contributed by atoms with Crippen LogP contribution in [0, 0.1) is 11.8 Å². The van der Waals surface area contributed by atoms with Crippen LogP contribution in [0.5, 0.6) is 0 Å². The zero-order valence-electron chi connectivity index (χ0n) is 8.21. The maximum atomic E-state index is 2.62. The molecule has 0 aromatic carbocycles. The normalized spacial score (nSPS) is 40.5. The van der Waals surface area contributed by atoms with Crippen molar-refractivity contribution in [2.45, 2.75) is 48.9 Å². The molecule has 0 aromatic heterocycles. The Labute approximate surface area is 95.3 Å². The number of rotatable bonds is 1. The Bertz CT molecular complexity index is 178. The fraction of sp³-hybridized carbons (Fsp3) is 0.833. The fourth-order valence-corrected chi connectivity index (χ4v) is 3.51. The summed E-state index contributed by atoms with van der Waals surface area (Å²) in [5.41, 5.74) is 0. The van der Waals surface area contributed by atoms with E-state index in [1.807, 2.05) is 0 Å². The third kappa shape index (κ3) is 2.71. The molecule has 2 aliphatic carbocycles. The van der Waals surface area contributed by atoms with Crippen LogP contribution in [-0.4, -0.2) is 3.92 Å². The van der Waals surface area contributed by atoms with E-state index in [-0.39, 0.29) is 0 Å². The number of alkyl halides is 1. The van der Waals surface area contributed by atoms with E-state index < -0.39 is 0 Å². The van der Waals surface area contributed by atoms with E-state index in [2.05, 4.69) is 34.7 Å². The van der Waals surface area contributed by atoms with Gasteiger partial charge in [0.1, 0.15) is 0 Å². The van der Waals surface area contributed by atoms with Gasteiger partial charge in [-0.15, -0.1) is 0 Å². The average molecular weight is 290 g/mol. The van der Waals surface area contributed by atoms with Crippen LogP contribution in [0.3, 0.4) is 0 Å². The second-order valence-electron chi connectivity index (χ2n) is 4.56. The van der Waals surface area contributed by atoms with Gasteiger partial charge in [0, 0.05) is 3.92 Å². The topological polar surface area (TPSA) is 0 Å². The van der Waals surface area contributed by atoms with Crippen LogP contribution in [0.25, 0.3) is 0 Å². The largest absolute Gasteiger partial charge is 0.0885 e. The molecular formula is C12H19I. The second-order valence-corrected chi connectivity index (χ2v) is 6.32. The highest BCUT2D eigenvalue weighted by Gasteiger charge is 2.26. The summed E-state index contributed by atoms with van der Waals surface area (Å²) in [6.45, 7) is 0. The van der Waals surface area contributed by atoms with Gasteiger partial charge in [0.2, 0.25) is 0 Å². The smallest absolute Gasteiger partial charge is 0.0110 e. The van der Waals surface area contributed by atoms with Gasteiger partial charge in [-0.2, -0.15) is 0 Å². The van der Waals surface area contributed by atoms with Crippen molar-refractivity contribution in [2.75, 3.05) is 0 Å². The highest BCUT2D eigenvalue weighted by Crippen LogP contribution is 2.38. The molecule has 2 rings (SSSR count). The zero-order chi connectivity index (χ0) is 9.10. The molecule has 0 heterocycles. The molecular weight excluding hydrogens is 271 g/mol. The van der Waals surface area contributed by atoms with Gasteiger partial charge in [-0.05, 0) is 56.8 Å². The van der Waals surface area contributed by atoms with Crippen LogP contribution in [-0.2, 0) is 0 Å². The van der Waals surface area contributed by atoms with Gasteiger partial charge in [0.05, 0.1) is 0 Å². The summed E-state index contributed by atoms with van der Waals surface area (Å²) in [4.78, 5) is 0. The van der Waals surface area contributed by atoms with Gasteiger partial charge < -0.3 is 0 Å². The Morgan fingerprint density at radius 3 is 2.23 bits per heavy atom. The maximum absolute atomic E-state index is 2.62. The highest BCUT2D eigenvalue weighted by atomic mass is 127. The number of halogens is 1. The summed E-state index contributed by atoms with van der Waals surface area (Å²) in [6, 6.07) is 0. The van der Waals surface area contributed by atoms with Gasteiger partial charge in [0.25, 0.3) is 0 Å². The molecule has 0 aromatic rings. The van der Waals surface area contributed by atoms with Crippen molar-refractivity contribution in [3.8, 4) is 0 Å². The minimum Gasteiger partial charge on any atom is -0.0885 e. The minimum absolute atomic E-state index is 0.980.